The van der Waals surface area contributed by atoms with E-state index in [2.05, 4.69) is 5.32 Å². The van der Waals surface area contributed by atoms with E-state index in [-0.39, 0.29) is 0 Å². The maximum Gasteiger partial charge on any atom is 0.115 e. The monoisotopic (exact) mass is 209 g/mol. The highest BCUT2D eigenvalue weighted by atomic mass is 16.5. The van der Waals surface area contributed by atoms with Crippen LogP contribution < -0.4 is 5.32 Å². The minimum absolute atomic E-state index is 0.315. The standard InChI is InChI=1S/C12H19NO2/c1-2-15-9-3-8-13-10-11-4-6-12(14)7-5-11/h4-7,13-14H,2-3,8-10H2,1H3. The lowest BCUT2D eigenvalue weighted by molar-refractivity contribution is 0.144. The molecule has 0 bridgehead atoms. The molecule has 0 heterocycles. The van der Waals surface area contributed by atoms with Gasteiger partial charge in [0.25, 0.3) is 0 Å². The van der Waals surface area contributed by atoms with Gasteiger partial charge in [-0.05, 0) is 37.6 Å². The summed E-state index contributed by atoms with van der Waals surface area (Å²) >= 11 is 0. The highest BCUT2D eigenvalue weighted by molar-refractivity contribution is 5.25. The van der Waals surface area contributed by atoms with Gasteiger partial charge in [-0.3, -0.25) is 0 Å². The molecule has 0 spiro atoms. The topological polar surface area (TPSA) is 41.5 Å². The summed E-state index contributed by atoms with van der Waals surface area (Å²) in [7, 11) is 0. The summed E-state index contributed by atoms with van der Waals surface area (Å²) in [6, 6.07) is 7.25. The van der Waals surface area contributed by atoms with Crippen LogP contribution in [-0.2, 0) is 11.3 Å². The molecule has 0 radical (unpaired) electrons. The number of phenolic OH excluding ortho intramolecular Hbond substituents is 1. The molecule has 15 heavy (non-hydrogen) atoms. The van der Waals surface area contributed by atoms with E-state index in [9.17, 15) is 0 Å². The first-order valence-electron chi connectivity index (χ1n) is 5.39. The third kappa shape index (κ3) is 5.40. The molecule has 0 aliphatic heterocycles. The van der Waals surface area contributed by atoms with Crippen LogP contribution in [0.4, 0.5) is 0 Å². The lowest BCUT2D eigenvalue weighted by Crippen LogP contribution is -2.16. The van der Waals surface area contributed by atoms with Crippen molar-refractivity contribution in [1.29, 1.82) is 0 Å². The van der Waals surface area contributed by atoms with Gasteiger partial charge in [0.05, 0.1) is 0 Å². The Morgan fingerprint density at radius 1 is 1.27 bits per heavy atom. The molecule has 3 heteroatoms. The van der Waals surface area contributed by atoms with Gasteiger partial charge in [-0.2, -0.15) is 0 Å². The molecule has 1 aromatic rings. The Labute approximate surface area is 91.1 Å². The van der Waals surface area contributed by atoms with E-state index in [0.717, 1.165) is 32.7 Å². The average molecular weight is 209 g/mol. The molecule has 0 saturated heterocycles. The van der Waals surface area contributed by atoms with Crippen molar-refractivity contribution in [1.82, 2.24) is 5.32 Å². The van der Waals surface area contributed by atoms with Gasteiger partial charge >= 0.3 is 0 Å². The Morgan fingerprint density at radius 3 is 2.67 bits per heavy atom. The molecule has 0 aliphatic carbocycles. The summed E-state index contributed by atoms with van der Waals surface area (Å²) in [4.78, 5) is 0. The molecule has 0 amide bonds. The summed E-state index contributed by atoms with van der Waals surface area (Å²) in [6.45, 7) is 5.41. The fourth-order valence-corrected chi connectivity index (χ4v) is 1.29. The van der Waals surface area contributed by atoms with Gasteiger partial charge in [0, 0.05) is 19.8 Å². The van der Waals surface area contributed by atoms with Crippen molar-refractivity contribution in [3.05, 3.63) is 29.8 Å². The summed E-state index contributed by atoms with van der Waals surface area (Å²) in [5.74, 6) is 0.315. The maximum absolute atomic E-state index is 9.09. The highest BCUT2D eigenvalue weighted by Gasteiger charge is 1.93. The fraction of sp³-hybridized carbons (Fsp3) is 0.500. The summed E-state index contributed by atoms with van der Waals surface area (Å²) < 4.78 is 5.23. The van der Waals surface area contributed by atoms with E-state index in [0.29, 0.717) is 5.75 Å². The lowest BCUT2D eigenvalue weighted by atomic mass is 10.2. The highest BCUT2D eigenvalue weighted by Crippen LogP contribution is 2.08. The molecular weight excluding hydrogens is 190 g/mol. The summed E-state index contributed by atoms with van der Waals surface area (Å²) in [5.41, 5.74) is 1.18. The SMILES string of the molecule is CCOCCCNCc1ccc(O)cc1. The predicted octanol–water partition coefficient (Wildman–Crippen LogP) is 1.91. The molecule has 3 nitrogen and oxygen atoms in total. The zero-order chi connectivity index (χ0) is 10.9. The molecule has 0 saturated carbocycles. The van der Waals surface area contributed by atoms with Crippen molar-refractivity contribution in [3.63, 3.8) is 0 Å². The molecule has 84 valence electrons. The fourth-order valence-electron chi connectivity index (χ4n) is 1.29. The molecule has 1 aromatic carbocycles. The van der Waals surface area contributed by atoms with Crippen LogP contribution in [0, 0.1) is 0 Å². The number of ether oxygens (including phenoxy) is 1. The van der Waals surface area contributed by atoms with Crippen LogP contribution in [0.3, 0.4) is 0 Å². The average Bonchev–Trinajstić information content (AvgIpc) is 2.26. The van der Waals surface area contributed by atoms with Crippen molar-refractivity contribution in [2.75, 3.05) is 19.8 Å². The minimum Gasteiger partial charge on any atom is -0.508 e. The van der Waals surface area contributed by atoms with E-state index >= 15 is 0 Å². The second kappa shape index (κ2) is 7.26. The molecule has 2 N–H and O–H groups in total. The van der Waals surface area contributed by atoms with Crippen molar-refractivity contribution >= 4 is 0 Å². The van der Waals surface area contributed by atoms with Gasteiger partial charge in [0.1, 0.15) is 5.75 Å². The molecule has 0 aliphatic rings. The zero-order valence-electron chi connectivity index (χ0n) is 9.20. The molecule has 0 fully saturated rings. The Morgan fingerprint density at radius 2 is 2.00 bits per heavy atom. The van der Waals surface area contributed by atoms with Gasteiger partial charge in [-0.25, -0.2) is 0 Å². The van der Waals surface area contributed by atoms with Gasteiger partial charge in [0.15, 0.2) is 0 Å². The Bertz CT molecular complexity index is 259. The van der Waals surface area contributed by atoms with Crippen LogP contribution in [0.25, 0.3) is 0 Å². The Hall–Kier alpha value is -1.06. The van der Waals surface area contributed by atoms with Gasteiger partial charge in [-0.1, -0.05) is 12.1 Å². The first-order valence-corrected chi connectivity index (χ1v) is 5.39. The third-order valence-corrected chi connectivity index (χ3v) is 2.11. The molecule has 0 atom stereocenters. The number of rotatable bonds is 7. The Balaban J connectivity index is 2.07. The first-order chi connectivity index (χ1) is 7.33. The van der Waals surface area contributed by atoms with Crippen LogP contribution in [0.2, 0.25) is 0 Å². The van der Waals surface area contributed by atoms with Crippen LogP contribution in [0.5, 0.6) is 5.75 Å². The largest absolute Gasteiger partial charge is 0.508 e. The third-order valence-electron chi connectivity index (χ3n) is 2.11. The summed E-state index contributed by atoms with van der Waals surface area (Å²) in [6.07, 6.45) is 1.03. The quantitative estimate of drug-likeness (QED) is 0.674. The minimum atomic E-state index is 0.315. The number of hydrogen-bond donors (Lipinski definition) is 2. The van der Waals surface area contributed by atoms with Crippen molar-refractivity contribution < 1.29 is 9.84 Å². The van der Waals surface area contributed by atoms with Crippen molar-refractivity contribution in [3.8, 4) is 5.75 Å². The van der Waals surface area contributed by atoms with E-state index in [1.54, 1.807) is 12.1 Å². The second-order valence-corrected chi connectivity index (χ2v) is 3.39. The van der Waals surface area contributed by atoms with Gasteiger partial charge < -0.3 is 15.2 Å². The van der Waals surface area contributed by atoms with Crippen LogP contribution in [0.15, 0.2) is 24.3 Å². The van der Waals surface area contributed by atoms with Crippen molar-refractivity contribution in [2.45, 2.75) is 19.9 Å². The van der Waals surface area contributed by atoms with E-state index in [1.807, 2.05) is 19.1 Å². The van der Waals surface area contributed by atoms with Crippen molar-refractivity contribution in [2.24, 2.45) is 0 Å². The predicted molar refractivity (Wildman–Crippen MR) is 60.9 cm³/mol. The van der Waals surface area contributed by atoms with E-state index in [4.69, 9.17) is 9.84 Å². The smallest absolute Gasteiger partial charge is 0.115 e. The van der Waals surface area contributed by atoms with Gasteiger partial charge in [0.2, 0.25) is 0 Å². The maximum atomic E-state index is 9.09. The molecule has 0 unspecified atom stereocenters. The zero-order valence-corrected chi connectivity index (χ0v) is 9.20. The van der Waals surface area contributed by atoms with E-state index in [1.165, 1.54) is 5.56 Å². The summed E-state index contributed by atoms with van der Waals surface area (Å²) in [5, 5.41) is 12.4. The van der Waals surface area contributed by atoms with Crippen LogP contribution in [-0.4, -0.2) is 24.9 Å². The first kappa shape index (κ1) is 12.0. The number of nitrogens with one attached hydrogen (secondary N) is 1. The van der Waals surface area contributed by atoms with E-state index < -0.39 is 0 Å². The molecule has 1 rings (SSSR count). The molecular formula is C12H19NO2. The van der Waals surface area contributed by atoms with Gasteiger partial charge in [-0.15, -0.1) is 0 Å². The number of phenols is 1. The number of benzene rings is 1. The normalized spacial score (nSPS) is 10.5. The van der Waals surface area contributed by atoms with Crippen LogP contribution >= 0.6 is 0 Å². The Kier molecular flexibility index (Phi) is 5.81. The second-order valence-electron chi connectivity index (χ2n) is 3.39. The lowest BCUT2D eigenvalue weighted by Gasteiger charge is -2.05. The van der Waals surface area contributed by atoms with Crippen LogP contribution in [0.1, 0.15) is 18.9 Å². The molecule has 0 aromatic heterocycles. The number of aromatic hydroxyl groups is 1. The number of hydrogen-bond acceptors (Lipinski definition) is 3.